The van der Waals surface area contributed by atoms with E-state index >= 15 is 0 Å². The number of rotatable bonds is 3. The molecule has 2 atom stereocenters. The maximum Gasteiger partial charge on any atom is 0.410 e. The van der Waals surface area contributed by atoms with E-state index in [0.717, 1.165) is 30.7 Å². The van der Waals surface area contributed by atoms with Gasteiger partial charge in [-0.25, -0.2) is 4.79 Å². The zero-order chi connectivity index (χ0) is 17.0. The van der Waals surface area contributed by atoms with Gasteiger partial charge in [0.2, 0.25) is 0 Å². The van der Waals surface area contributed by atoms with Crippen molar-refractivity contribution in [2.45, 2.75) is 45.3 Å². The molecule has 0 aromatic heterocycles. The summed E-state index contributed by atoms with van der Waals surface area (Å²) in [5.41, 5.74) is 7.02. The Hall–Kier alpha value is -1.75. The molecule has 1 heterocycles. The third kappa shape index (κ3) is 4.86. The van der Waals surface area contributed by atoms with E-state index in [4.69, 9.17) is 15.2 Å². The van der Waals surface area contributed by atoms with Gasteiger partial charge in [0.1, 0.15) is 11.4 Å². The van der Waals surface area contributed by atoms with Gasteiger partial charge in [0.05, 0.1) is 7.11 Å². The highest BCUT2D eigenvalue weighted by atomic mass is 16.6. The van der Waals surface area contributed by atoms with Crippen LogP contribution in [0.5, 0.6) is 5.75 Å². The van der Waals surface area contributed by atoms with Crippen LogP contribution in [0.15, 0.2) is 24.3 Å². The predicted molar refractivity (Wildman–Crippen MR) is 90.5 cm³/mol. The predicted octanol–water partition coefficient (Wildman–Crippen LogP) is 3.34. The van der Waals surface area contributed by atoms with Crippen molar-refractivity contribution in [3.05, 3.63) is 29.8 Å². The summed E-state index contributed by atoms with van der Waals surface area (Å²) >= 11 is 0. The number of piperidine rings is 1. The van der Waals surface area contributed by atoms with Crippen LogP contribution in [0.1, 0.15) is 45.2 Å². The van der Waals surface area contributed by atoms with Gasteiger partial charge >= 0.3 is 6.09 Å². The molecule has 0 spiro atoms. The fourth-order valence-electron chi connectivity index (χ4n) is 2.92. The Morgan fingerprint density at radius 1 is 1.39 bits per heavy atom. The van der Waals surface area contributed by atoms with Crippen LogP contribution in [0.3, 0.4) is 0 Å². The summed E-state index contributed by atoms with van der Waals surface area (Å²) in [5, 5.41) is 0. The van der Waals surface area contributed by atoms with Crippen LogP contribution in [0.25, 0.3) is 0 Å². The number of amides is 1. The average molecular weight is 320 g/mol. The molecule has 0 aliphatic carbocycles. The van der Waals surface area contributed by atoms with Crippen LogP contribution in [-0.2, 0) is 4.74 Å². The Bertz CT molecular complexity index is 539. The summed E-state index contributed by atoms with van der Waals surface area (Å²) in [6, 6.07) is 7.72. The molecule has 1 aliphatic rings. The van der Waals surface area contributed by atoms with E-state index < -0.39 is 5.60 Å². The molecule has 5 nitrogen and oxygen atoms in total. The van der Waals surface area contributed by atoms with Gasteiger partial charge in [0.15, 0.2) is 0 Å². The van der Waals surface area contributed by atoms with Crippen LogP contribution in [0.4, 0.5) is 4.79 Å². The van der Waals surface area contributed by atoms with Crippen LogP contribution in [0.2, 0.25) is 0 Å². The van der Waals surface area contributed by atoms with Crippen molar-refractivity contribution >= 4 is 6.09 Å². The van der Waals surface area contributed by atoms with Crippen molar-refractivity contribution in [2.24, 2.45) is 11.7 Å². The van der Waals surface area contributed by atoms with Gasteiger partial charge < -0.3 is 20.1 Å². The van der Waals surface area contributed by atoms with E-state index in [1.54, 1.807) is 12.0 Å². The summed E-state index contributed by atoms with van der Waals surface area (Å²) in [5.74, 6) is 1.03. The molecule has 2 rings (SSSR count). The second kappa shape index (κ2) is 7.21. The van der Waals surface area contributed by atoms with Crippen LogP contribution in [-0.4, -0.2) is 36.8 Å². The van der Waals surface area contributed by atoms with Gasteiger partial charge in [-0.2, -0.15) is 0 Å². The lowest BCUT2D eigenvalue weighted by Gasteiger charge is -2.36. The van der Waals surface area contributed by atoms with Crippen molar-refractivity contribution in [3.8, 4) is 5.75 Å². The zero-order valence-electron chi connectivity index (χ0n) is 14.5. The van der Waals surface area contributed by atoms with E-state index in [1.165, 1.54) is 0 Å². The standard InChI is InChI=1S/C18H28N2O3/c1-18(2,3)23-17(21)20-10-6-8-14(12-20)16(19)13-7-5-9-15(11-13)22-4/h5,7,9,11,14,16H,6,8,10,12,19H2,1-4H3. The molecule has 5 heteroatoms. The first-order valence-corrected chi connectivity index (χ1v) is 8.17. The number of carbonyl (C=O) groups excluding carboxylic acids is 1. The van der Waals surface area contributed by atoms with Crippen molar-refractivity contribution < 1.29 is 14.3 Å². The van der Waals surface area contributed by atoms with E-state index in [-0.39, 0.29) is 18.1 Å². The third-order valence-corrected chi connectivity index (χ3v) is 4.10. The highest BCUT2D eigenvalue weighted by molar-refractivity contribution is 5.68. The molecule has 128 valence electrons. The first-order chi connectivity index (χ1) is 10.8. The third-order valence-electron chi connectivity index (χ3n) is 4.10. The Kier molecular flexibility index (Phi) is 5.52. The lowest BCUT2D eigenvalue weighted by molar-refractivity contribution is 0.0152. The molecule has 23 heavy (non-hydrogen) atoms. The topological polar surface area (TPSA) is 64.8 Å². The Balaban J connectivity index is 2.03. The Morgan fingerprint density at radius 3 is 2.78 bits per heavy atom. The minimum absolute atomic E-state index is 0.115. The SMILES string of the molecule is COc1cccc(C(N)C2CCCN(C(=O)OC(C)(C)C)C2)c1. The molecular formula is C18H28N2O3. The summed E-state index contributed by atoms with van der Waals surface area (Å²) in [7, 11) is 1.65. The Morgan fingerprint density at radius 2 is 2.13 bits per heavy atom. The van der Waals surface area contributed by atoms with Gasteiger partial charge in [-0.3, -0.25) is 0 Å². The maximum absolute atomic E-state index is 12.3. The molecule has 1 fully saturated rings. The van der Waals surface area contributed by atoms with Gasteiger partial charge in [0.25, 0.3) is 0 Å². The largest absolute Gasteiger partial charge is 0.497 e. The molecule has 1 amide bonds. The number of likely N-dealkylation sites (tertiary alicyclic amines) is 1. The van der Waals surface area contributed by atoms with Crippen LogP contribution < -0.4 is 10.5 Å². The number of ether oxygens (including phenoxy) is 2. The van der Waals surface area contributed by atoms with Crippen LogP contribution in [0, 0.1) is 5.92 Å². The van der Waals surface area contributed by atoms with E-state index in [9.17, 15) is 4.79 Å². The monoisotopic (exact) mass is 320 g/mol. The van der Waals surface area contributed by atoms with Crippen molar-refractivity contribution in [2.75, 3.05) is 20.2 Å². The molecule has 1 aromatic carbocycles. The molecule has 1 aromatic rings. The molecule has 1 aliphatic heterocycles. The minimum Gasteiger partial charge on any atom is -0.497 e. The number of carbonyl (C=O) groups is 1. The maximum atomic E-state index is 12.3. The molecule has 0 radical (unpaired) electrons. The fraction of sp³-hybridized carbons (Fsp3) is 0.611. The molecule has 0 bridgehead atoms. The normalized spacial score (nSPS) is 20.0. The van der Waals surface area contributed by atoms with Gasteiger partial charge in [0, 0.05) is 19.1 Å². The lowest BCUT2D eigenvalue weighted by Crippen LogP contribution is -2.45. The lowest BCUT2D eigenvalue weighted by atomic mass is 9.87. The van der Waals surface area contributed by atoms with Gasteiger partial charge in [-0.15, -0.1) is 0 Å². The molecular weight excluding hydrogens is 292 g/mol. The highest BCUT2D eigenvalue weighted by Crippen LogP contribution is 2.30. The van der Waals surface area contributed by atoms with E-state index in [1.807, 2.05) is 45.0 Å². The molecule has 2 N–H and O–H groups in total. The molecule has 2 unspecified atom stereocenters. The quantitative estimate of drug-likeness (QED) is 0.927. The zero-order valence-corrected chi connectivity index (χ0v) is 14.5. The average Bonchev–Trinajstić information content (AvgIpc) is 2.52. The van der Waals surface area contributed by atoms with Gasteiger partial charge in [-0.1, -0.05) is 12.1 Å². The summed E-state index contributed by atoms with van der Waals surface area (Å²) in [6.45, 7) is 7.01. The number of benzene rings is 1. The first kappa shape index (κ1) is 17.6. The van der Waals surface area contributed by atoms with Crippen molar-refractivity contribution in [1.82, 2.24) is 4.90 Å². The van der Waals surface area contributed by atoms with Crippen molar-refractivity contribution in [1.29, 1.82) is 0 Å². The molecule has 0 saturated carbocycles. The summed E-state index contributed by atoms with van der Waals surface area (Å²) in [4.78, 5) is 14.0. The highest BCUT2D eigenvalue weighted by Gasteiger charge is 2.31. The number of hydrogen-bond acceptors (Lipinski definition) is 4. The number of nitrogens with zero attached hydrogens (tertiary/aromatic N) is 1. The van der Waals surface area contributed by atoms with Crippen molar-refractivity contribution in [3.63, 3.8) is 0 Å². The second-order valence-electron chi connectivity index (χ2n) is 7.13. The smallest absolute Gasteiger partial charge is 0.410 e. The molecule has 1 saturated heterocycles. The number of methoxy groups -OCH3 is 1. The fourth-order valence-corrected chi connectivity index (χ4v) is 2.92. The summed E-state index contributed by atoms with van der Waals surface area (Å²) in [6.07, 6.45) is 1.71. The second-order valence-corrected chi connectivity index (χ2v) is 7.13. The minimum atomic E-state index is -0.473. The van der Waals surface area contributed by atoms with E-state index in [2.05, 4.69) is 0 Å². The first-order valence-electron chi connectivity index (χ1n) is 8.17. The van der Waals surface area contributed by atoms with Gasteiger partial charge in [-0.05, 0) is 57.2 Å². The number of nitrogens with two attached hydrogens (primary N) is 1. The summed E-state index contributed by atoms with van der Waals surface area (Å²) < 4.78 is 10.7. The number of hydrogen-bond donors (Lipinski definition) is 1. The van der Waals surface area contributed by atoms with Crippen LogP contribution >= 0.6 is 0 Å². The van der Waals surface area contributed by atoms with E-state index in [0.29, 0.717) is 6.54 Å². The Labute approximate surface area is 138 Å².